The van der Waals surface area contributed by atoms with Crippen molar-refractivity contribution in [2.75, 3.05) is 7.11 Å². The predicted molar refractivity (Wildman–Crippen MR) is 69.8 cm³/mol. The van der Waals surface area contributed by atoms with Crippen molar-refractivity contribution in [2.24, 2.45) is 0 Å². The average Bonchev–Trinajstić information content (AvgIpc) is 2.42. The van der Waals surface area contributed by atoms with Crippen LogP contribution in [0.1, 0.15) is 5.56 Å². The molecule has 0 spiro atoms. The largest absolute Gasteiger partial charge is 0.452 e. The first-order valence-electron chi connectivity index (χ1n) is 5.31. The van der Waals surface area contributed by atoms with E-state index in [4.69, 9.17) is 11.6 Å². The maximum absolute atomic E-state index is 10.9. The number of methoxy groups -OCH3 is 1. The number of hydrazine groups is 1. The number of nitrogens with one attached hydrogen (secondary N) is 3. The summed E-state index contributed by atoms with van der Waals surface area (Å²) in [6.45, 7) is 0.250. The second kappa shape index (κ2) is 7.79. The third kappa shape index (κ3) is 5.87. The summed E-state index contributed by atoms with van der Waals surface area (Å²) in [4.78, 5) is 24.5. The van der Waals surface area contributed by atoms with Crippen molar-refractivity contribution in [3.05, 3.63) is 51.2 Å². The zero-order chi connectivity index (χ0) is 15.0. The van der Waals surface area contributed by atoms with Crippen LogP contribution in [0.25, 0.3) is 0 Å². The molecule has 108 valence electrons. The van der Waals surface area contributed by atoms with Gasteiger partial charge in [0, 0.05) is 12.7 Å². The second-order valence-corrected chi connectivity index (χ2v) is 3.80. The van der Waals surface area contributed by atoms with Gasteiger partial charge in [0.15, 0.2) is 5.82 Å². The lowest BCUT2D eigenvalue weighted by atomic mass is 10.3. The molecule has 9 nitrogen and oxygen atoms in total. The molecule has 0 fully saturated rings. The molecule has 1 aromatic rings. The molecule has 0 aliphatic rings. The highest BCUT2D eigenvalue weighted by Gasteiger charge is 2.05. The fourth-order valence-corrected chi connectivity index (χ4v) is 1.22. The molecule has 1 aromatic heterocycles. The number of ether oxygens (including phenoxy) is 1. The number of nitrogens with zero attached hydrogens (tertiary/aromatic N) is 2. The van der Waals surface area contributed by atoms with E-state index in [9.17, 15) is 14.9 Å². The Kier molecular flexibility index (Phi) is 6.04. The van der Waals surface area contributed by atoms with Crippen LogP contribution in [-0.2, 0) is 11.3 Å². The second-order valence-electron chi connectivity index (χ2n) is 3.41. The molecular formula is C10H12ClN5O4. The monoisotopic (exact) mass is 301 g/mol. The van der Waals surface area contributed by atoms with E-state index in [0.29, 0.717) is 11.4 Å². The molecule has 1 amide bonds. The number of aromatic nitrogens is 1. The van der Waals surface area contributed by atoms with E-state index in [2.05, 4.69) is 25.9 Å². The van der Waals surface area contributed by atoms with E-state index in [0.717, 1.165) is 5.56 Å². The third-order valence-corrected chi connectivity index (χ3v) is 2.21. The molecule has 3 N–H and O–H groups in total. The van der Waals surface area contributed by atoms with Crippen LogP contribution in [0, 0.1) is 10.1 Å². The molecule has 0 unspecified atom stereocenters. The first-order chi connectivity index (χ1) is 9.51. The summed E-state index contributed by atoms with van der Waals surface area (Å²) in [5, 5.41) is 13.5. The quantitative estimate of drug-likeness (QED) is 0.403. The first-order valence-corrected chi connectivity index (χ1v) is 5.68. The van der Waals surface area contributed by atoms with Gasteiger partial charge < -0.3 is 10.1 Å². The smallest absolute Gasteiger partial charge is 0.425 e. The number of halogens is 1. The number of carbonyl (C=O) groups is 1. The van der Waals surface area contributed by atoms with Gasteiger partial charge >= 0.3 is 6.09 Å². The minimum absolute atomic E-state index is 0.0182. The molecule has 10 heteroatoms. The summed E-state index contributed by atoms with van der Waals surface area (Å²) in [5.74, 6) is -0.0182. The highest BCUT2D eigenvalue weighted by Crippen LogP contribution is 2.05. The van der Waals surface area contributed by atoms with Crippen molar-refractivity contribution < 1.29 is 14.5 Å². The maximum atomic E-state index is 10.9. The van der Waals surface area contributed by atoms with Crippen LogP contribution in [0.3, 0.4) is 0 Å². The highest BCUT2D eigenvalue weighted by atomic mass is 35.5. The van der Waals surface area contributed by atoms with Crippen LogP contribution >= 0.6 is 11.6 Å². The van der Waals surface area contributed by atoms with Crippen LogP contribution in [-0.4, -0.2) is 23.1 Å². The van der Waals surface area contributed by atoms with E-state index >= 15 is 0 Å². The van der Waals surface area contributed by atoms with Crippen molar-refractivity contribution in [3.8, 4) is 0 Å². The van der Waals surface area contributed by atoms with Crippen molar-refractivity contribution in [1.29, 1.82) is 0 Å². The normalized spacial score (nSPS) is 10.6. The Morgan fingerprint density at radius 1 is 1.55 bits per heavy atom. The summed E-state index contributed by atoms with van der Waals surface area (Å²) < 4.78 is 4.32. The zero-order valence-corrected chi connectivity index (χ0v) is 11.2. The Bertz CT molecular complexity index is 505. The number of rotatable bonds is 6. The molecule has 0 saturated heterocycles. The molecule has 0 aromatic carbocycles. The Balaban J connectivity index is 2.58. The van der Waals surface area contributed by atoms with Gasteiger partial charge in [-0.05, 0) is 11.6 Å². The number of nitro groups is 1. The third-order valence-electron chi connectivity index (χ3n) is 1.99. The highest BCUT2D eigenvalue weighted by molar-refractivity contribution is 6.29. The summed E-state index contributed by atoms with van der Waals surface area (Å²) in [7, 11) is 1.17. The number of hydrogen-bond donors (Lipinski definition) is 3. The van der Waals surface area contributed by atoms with Gasteiger partial charge in [0.1, 0.15) is 5.15 Å². The maximum Gasteiger partial charge on any atom is 0.425 e. The Labute approximate surface area is 119 Å². The molecule has 1 rings (SSSR count). The topological polar surface area (TPSA) is 118 Å². The molecule has 0 radical (unpaired) electrons. The molecule has 0 bridgehead atoms. The molecule has 0 aliphatic carbocycles. The standard InChI is InChI=1S/C10H12ClN5O4/c1-20-10(17)15-14-9(6-16(18)19)13-5-7-2-3-8(11)12-4-7/h2-4,6,13-14H,5H2,1H3,(H,15,17)/b9-6+. The van der Waals surface area contributed by atoms with Crippen molar-refractivity contribution in [2.45, 2.75) is 6.54 Å². The van der Waals surface area contributed by atoms with Gasteiger partial charge in [-0.25, -0.2) is 15.2 Å². The molecule has 0 atom stereocenters. The van der Waals surface area contributed by atoms with Gasteiger partial charge in [-0.2, -0.15) is 0 Å². The van der Waals surface area contributed by atoms with Gasteiger partial charge in [0.25, 0.3) is 6.20 Å². The predicted octanol–water partition coefficient (Wildman–Crippen LogP) is 0.761. The molecule has 0 aliphatic heterocycles. The molecular weight excluding hydrogens is 290 g/mol. The van der Waals surface area contributed by atoms with E-state index < -0.39 is 11.0 Å². The average molecular weight is 302 g/mol. The lowest BCUT2D eigenvalue weighted by Crippen LogP contribution is -2.41. The van der Waals surface area contributed by atoms with Crippen LogP contribution in [0.5, 0.6) is 0 Å². The van der Waals surface area contributed by atoms with E-state index in [1.807, 2.05) is 0 Å². The Morgan fingerprint density at radius 2 is 2.30 bits per heavy atom. The molecule has 1 heterocycles. The molecule has 20 heavy (non-hydrogen) atoms. The fourth-order valence-electron chi connectivity index (χ4n) is 1.11. The minimum atomic E-state index is -0.783. The Morgan fingerprint density at radius 3 is 2.85 bits per heavy atom. The van der Waals surface area contributed by atoms with Crippen LogP contribution in [0.15, 0.2) is 30.4 Å². The number of hydrogen-bond acceptors (Lipinski definition) is 7. The van der Waals surface area contributed by atoms with Crippen molar-refractivity contribution in [1.82, 2.24) is 21.2 Å². The van der Waals surface area contributed by atoms with Gasteiger partial charge in [0.05, 0.1) is 12.0 Å². The van der Waals surface area contributed by atoms with Gasteiger partial charge in [0.2, 0.25) is 0 Å². The van der Waals surface area contributed by atoms with Gasteiger partial charge in [-0.1, -0.05) is 17.7 Å². The number of pyridine rings is 1. The number of amides is 1. The summed E-state index contributed by atoms with van der Waals surface area (Å²) in [5.41, 5.74) is 5.17. The molecule has 0 saturated carbocycles. The van der Waals surface area contributed by atoms with Gasteiger partial charge in [-0.15, -0.1) is 0 Å². The van der Waals surface area contributed by atoms with E-state index in [1.54, 1.807) is 12.1 Å². The van der Waals surface area contributed by atoms with Crippen molar-refractivity contribution in [3.63, 3.8) is 0 Å². The van der Waals surface area contributed by atoms with E-state index in [-0.39, 0.29) is 12.4 Å². The summed E-state index contributed by atoms with van der Waals surface area (Å²) >= 11 is 5.64. The van der Waals surface area contributed by atoms with Crippen LogP contribution in [0.2, 0.25) is 5.15 Å². The minimum Gasteiger partial charge on any atom is -0.452 e. The van der Waals surface area contributed by atoms with Gasteiger partial charge in [-0.3, -0.25) is 15.5 Å². The SMILES string of the molecule is COC(=O)NN/C(=C/[N+](=O)[O-])NCc1ccc(Cl)nc1. The zero-order valence-electron chi connectivity index (χ0n) is 10.4. The fraction of sp³-hybridized carbons (Fsp3) is 0.200. The summed E-state index contributed by atoms with van der Waals surface area (Å²) in [6.07, 6.45) is 1.40. The summed E-state index contributed by atoms with van der Waals surface area (Å²) in [6, 6.07) is 3.30. The van der Waals surface area contributed by atoms with Crippen LogP contribution < -0.4 is 16.2 Å². The first kappa shape index (κ1) is 15.5. The Hall–Kier alpha value is -2.55. The number of carbonyl (C=O) groups excluding carboxylic acids is 1. The van der Waals surface area contributed by atoms with Crippen molar-refractivity contribution >= 4 is 17.7 Å². The lowest BCUT2D eigenvalue weighted by Gasteiger charge is -2.11. The lowest BCUT2D eigenvalue weighted by molar-refractivity contribution is -0.404. The van der Waals surface area contributed by atoms with E-state index in [1.165, 1.54) is 13.3 Å². The van der Waals surface area contributed by atoms with Crippen LogP contribution in [0.4, 0.5) is 4.79 Å².